The van der Waals surface area contributed by atoms with E-state index in [1.54, 1.807) is 18.2 Å². The lowest BCUT2D eigenvalue weighted by Crippen LogP contribution is -2.30. The van der Waals surface area contributed by atoms with Crippen LogP contribution in [0.4, 0.5) is 26.2 Å². The predicted molar refractivity (Wildman–Crippen MR) is 114 cm³/mol. The number of carbonyl (C=O) groups excluding carboxylic acids is 2. The van der Waals surface area contributed by atoms with Crippen LogP contribution in [0.3, 0.4) is 0 Å². The summed E-state index contributed by atoms with van der Waals surface area (Å²) in [6, 6.07) is 10.5. The van der Waals surface area contributed by atoms with E-state index >= 15 is 0 Å². The Morgan fingerprint density at radius 2 is 1.72 bits per heavy atom. The first-order chi connectivity index (χ1) is 13.9. The molecule has 29 heavy (non-hydrogen) atoms. The van der Waals surface area contributed by atoms with Gasteiger partial charge in [-0.05, 0) is 55.2 Å². The minimum atomic E-state index is -0.502. The maximum atomic E-state index is 13.3. The Bertz CT molecular complexity index is 879. The van der Waals surface area contributed by atoms with Gasteiger partial charge in [0.2, 0.25) is 0 Å². The van der Waals surface area contributed by atoms with Crippen LogP contribution in [0.1, 0.15) is 37.0 Å². The van der Waals surface area contributed by atoms with Crippen LogP contribution in [0.2, 0.25) is 0 Å². The summed E-state index contributed by atoms with van der Waals surface area (Å²) in [4.78, 5) is 27.3. The van der Waals surface area contributed by atoms with E-state index in [0.717, 1.165) is 31.6 Å². The van der Waals surface area contributed by atoms with Crippen LogP contribution < -0.4 is 20.9 Å². The quantitative estimate of drug-likeness (QED) is 0.673. The molecule has 2 aromatic carbocycles. The average molecular weight is 398 g/mol. The molecule has 3 rings (SSSR count). The van der Waals surface area contributed by atoms with Gasteiger partial charge in [-0.1, -0.05) is 19.9 Å². The van der Waals surface area contributed by atoms with E-state index in [0.29, 0.717) is 29.4 Å². The van der Waals surface area contributed by atoms with Gasteiger partial charge in [0.05, 0.1) is 5.56 Å². The highest BCUT2D eigenvalue weighted by atomic mass is 19.1. The van der Waals surface area contributed by atoms with Gasteiger partial charge in [-0.15, -0.1) is 0 Å². The molecule has 0 bridgehead atoms. The molecule has 1 saturated heterocycles. The van der Waals surface area contributed by atoms with Gasteiger partial charge in [-0.2, -0.15) is 0 Å². The molecule has 0 aromatic heterocycles. The Morgan fingerprint density at radius 1 is 1.03 bits per heavy atom. The van der Waals surface area contributed by atoms with E-state index in [2.05, 4.69) is 20.9 Å². The highest BCUT2D eigenvalue weighted by Crippen LogP contribution is 2.27. The summed E-state index contributed by atoms with van der Waals surface area (Å²) >= 11 is 0. The summed E-state index contributed by atoms with van der Waals surface area (Å²) in [6.45, 7) is 6.48. The lowest BCUT2D eigenvalue weighted by Gasteiger charge is -2.22. The van der Waals surface area contributed by atoms with Crippen LogP contribution in [0, 0.1) is 11.7 Å². The van der Waals surface area contributed by atoms with E-state index < -0.39 is 11.8 Å². The molecule has 7 heteroatoms. The van der Waals surface area contributed by atoms with Crippen LogP contribution in [0.15, 0.2) is 42.5 Å². The van der Waals surface area contributed by atoms with Crippen LogP contribution in [-0.4, -0.2) is 31.6 Å². The van der Waals surface area contributed by atoms with Gasteiger partial charge in [0, 0.05) is 36.7 Å². The number of hydrogen-bond donors (Lipinski definition) is 3. The van der Waals surface area contributed by atoms with E-state index in [-0.39, 0.29) is 5.91 Å². The van der Waals surface area contributed by atoms with Gasteiger partial charge >= 0.3 is 6.03 Å². The monoisotopic (exact) mass is 398 g/mol. The number of urea groups is 1. The zero-order valence-electron chi connectivity index (χ0n) is 16.8. The smallest absolute Gasteiger partial charge is 0.323 e. The standard InChI is InChI=1S/C22H27FN4O2/c1-15(2)14-24-21(28)19-13-18(8-9-20(19)27-10-3-4-11-27)26-22(29)25-17-7-5-6-16(23)12-17/h5-9,12-13,15H,3-4,10-11,14H2,1-2H3,(H,24,28)(H2,25,26,29). The summed E-state index contributed by atoms with van der Waals surface area (Å²) in [7, 11) is 0. The second-order valence-electron chi connectivity index (χ2n) is 7.62. The minimum Gasteiger partial charge on any atom is -0.371 e. The third-order valence-electron chi connectivity index (χ3n) is 4.70. The summed E-state index contributed by atoms with van der Waals surface area (Å²) in [6.07, 6.45) is 2.20. The molecular formula is C22H27FN4O2. The molecule has 154 valence electrons. The van der Waals surface area contributed by atoms with Gasteiger partial charge in [0.15, 0.2) is 0 Å². The van der Waals surface area contributed by atoms with Crippen molar-refractivity contribution in [3.63, 3.8) is 0 Å². The maximum Gasteiger partial charge on any atom is 0.323 e. The molecular weight excluding hydrogens is 371 g/mol. The number of hydrogen-bond acceptors (Lipinski definition) is 3. The number of benzene rings is 2. The zero-order chi connectivity index (χ0) is 20.8. The number of rotatable bonds is 6. The third kappa shape index (κ3) is 5.70. The number of amides is 3. The molecule has 0 radical (unpaired) electrons. The van der Waals surface area contributed by atoms with Crippen molar-refractivity contribution in [1.29, 1.82) is 0 Å². The number of nitrogens with one attached hydrogen (secondary N) is 3. The molecule has 6 nitrogen and oxygen atoms in total. The first kappa shape index (κ1) is 20.6. The SMILES string of the molecule is CC(C)CNC(=O)c1cc(NC(=O)Nc2cccc(F)c2)ccc1N1CCCC1. The van der Waals surface area contributed by atoms with Crippen molar-refractivity contribution in [2.24, 2.45) is 5.92 Å². The number of nitrogens with zero attached hydrogens (tertiary/aromatic N) is 1. The lowest BCUT2D eigenvalue weighted by molar-refractivity contribution is 0.0949. The van der Waals surface area contributed by atoms with E-state index in [1.807, 2.05) is 19.9 Å². The van der Waals surface area contributed by atoms with E-state index in [9.17, 15) is 14.0 Å². The lowest BCUT2D eigenvalue weighted by atomic mass is 10.1. The Labute approximate surface area is 170 Å². The Morgan fingerprint density at radius 3 is 2.38 bits per heavy atom. The summed E-state index contributed by atoms with van der Waals surface area (Å²) < 4.78 is 13.3. The van der Waals surface area contributed by atoms with Crippen molar-refractivity contribution < 1.29 is 14.0 Å². The largest absolute Gasteiger partial charge is 0.371 e. The molecule has 0 atom stereocenters. The van der Waals surface area contributed by atoms with Gasteiger partial charge in [0.25, 0.3) is 5.91 Å². The van der Waals surface area contributed by atoms with Crippen molar-refractivity contribution in [2.45, 2.75) is 26.7 Å². The minimum absolute atomic E-state index is 0.158. The van der Waals surface area contributed by atoms with E-state index in [1.165, 1.54) is 18.2 Å². The first-order valence-electron chi connectivity index (χ1n) is 9.93. The van der Waals surface area contributed by atoms with Crippen LogP contribution in [0.25, 0.3) is 0 Å². The molecule has 1 aliphatic rings. The van der Waals surface area contributed by atoms with Crippen LogP contribution in [0.5, 0.6) is 0 Å². The van der Waals surface area contributed by atoms with Crippen molar-refractivity contribution >= 4 is 29.0 Å². The summed E-state index contributed by atoms with van der Waals surface area (Å²) in [5.74, 6) is -0.246. The fourth-order valence-corrected chi connectivity index (χ4v) is 3.28. The Hall–Kier alpha value is -3.09. The molecule has 0 aliphatic carbocycles. The summed E-state index contributed by atoms with van der Waals surface area (Å²) in [5.41, 5.74) is 2.26. The third-order valence-corrected chi connectivity index (χ3v) is 4.70. The van der Waals surface area contributed by atoms with Crippen LogP contribution in [-0.2, 0) is 0 Å². The fraction of sp³-hybridized carbons (Fsp3) is 0.364. The van der Waals surface area contributed by atoms with Gasteiger partial charge in [0.1, 0.15) is 5.82 Å². The van der Waals surface area contributed by atoms with Gasteiger partial charge in [-0.25, -0.2) is 9.18 Å². The van der Waals surface area contributed by atoms with Crippen LogP contribution >= 0.6 is 0 Å². The molecule has 2 aromatic rings. The predicted octanol–water partition coefficient (Wildman–Crippen LogP) is 4.46. The number of carbonyl (C=O) groups is 2. The molecule has 3 amide bonds. The van der Waals surface area contributed by atoms with E-state index in [4.69, 9.17) is 0 Å². The van der Waals surface area contributed by atoms with Crippen molar-refractivity contribution in [2.75, 3.05) is 35.2 Å². The molecule has 1 aliphatic heterocycles. The fourth-order valence-electron chi connectivity index (χ4n) is 3.28. The number of anilines is 3. The van der Waals surface area contributed by atoms with Gasteiger partial charge in [-0.3, -0.25) is 4.79 Å². The molecule has 0 spiro atoms. The van der Waals surface area contributed by atoms with Crippen molar-refractivity contribution in [3.8, 4) is 0 Å². The van der Waals surface area contributed by atoms with Crippen molar-refractivity contribution in [1.82, 2.24) is 5.32 Å². The normalized spacial score (nSPS) is 13.4. The zero-order valence-corrected chi connectivity index (χ0v) is 16.8. The van der Waals surface area contributed by atoms with Crippen molar-refractivity contribution in [3.05, 3.63) is 53.8 Å². The molecule has 1 heterocycles. The molecule has 1 fully saturated rings. The average Bonchev–Trinajstić information content (AvgIpc) is 3.20. The molecule has 0 unspecified atom stereocenters. The molecule has 0 saturated carbocycles. The Kier molecular flexibility index (Phi) is 6.69. The second kappa shape index (κ2) is 9.41. The highest BCUT2D eigenvalue weighted by molar-refractivity contribution is 6.04. The highest BCUT2D eigenvalue weighted by Gasteiger charge is 2.20. The Balaban J connectivity index is 1.77. The second-order valence-corrected chi connectivity index (χ2v) is 7.62. The topological polar surface area (TPSA) is 73.5 Å². The maximum absolute atomic E-state index is 13.3. The first-order valence-corrected chi connectivity index (χ1v) is 9.93. The number of halogens is 1. The van der Waals surface area contributed by atoms with Gasteiger partial charge < -0.3 is 20.9 Å². The summed E-state index contributed by atoms with van der Waals surface area (Å²) in [5, 5.41) is 8.26. The molecule has 3 N–H and O–H groups in total.